The summed E-state index contributed by atoms with van der Waals surface area (Å²) in [4.78, 5) is 43.1. The molecule has 0 radical (unpaired) electrons. The van der Waals surface area contributed by atoms with Crippen molar-refractivity contribution in [3.8, 4) is 0 Å². The van der Waals surface area contributed by atoms with Crippen molar-refractivity contribution >= 4 is 23.4 Å². The molecule has 6 N–H and O–H groups in total. The molecule has 1 aliphatic rings. The van der Waals surface area contributed by atoms with Crippen molar-refractivity contribution in [1.82, 2.24) is 4.90 Å². The summed E-state index contributed by atoms with van der Waals surface area (Å²) in [5.74, 6) is -1.22. The van der Waals surface area contributed by atoms with Crippen LogP contribution in [-0.2, 0) is 19.2 Å². The highest BCUT2D eigenvalue weighted by Crippen LogP contribution is 2.05. The number of nitrogens with zero attached hydrogens (tertiary/aromatic N) is 1. The molecule has 0 bridgehead atoms. The maximum absolute atomic E-state index is 10.8. The number of amides is 2. The van der Waals surface area contributed by atoms with Gasteiger partial charge in [-0.25, -0.2) is 0 Å². The van der Waals surface area contributed by atoms with Crippen LogP contribution in [0.2, 0.25) is 0 Å². The van der Waals surface area contributed by atoms with Gasteiger partial charge in [0.2, 0.25) is 11.8 Å². The zero-order chi connectivity index (χ0) is 14.1. The molecule has 2 amide bonds. The van der Waals surface area contributed by atoms with Crippen LogP contribution in [0.15, 0.2) is 0 Å². The second-order valence-corrected chi connectivity index (χ2v) is 3.69. The Labute approximate surface area is 104 Å². The number of rotatable bonds is 6. The lowest BCUT2D eigenvalue weighted by Gasteiger charge is -1.97. The second-order valence-electron chi connectivity index (χ2n) is 3.69. The summed E-state index contributed by atoms with van der Waals surface area (Å²) in [5, 5.41) is 0. The van der Waals surface area contributed by atoms with Crippen molar-refractivity contribution in [1.29, 1.82) is 0 Å². The van der Waals surface area contributed by atoms with Gasteiger partial charge in [-0.05, 0) is 0 Å². The lowest BCUT2D eigenvalue weighted by atomic mass is 10.3. The zero-order valence-electron chi connectivity index (χ0n) is 10.1. The van der Waals surface area contributed by atoms with Crippen LogP contribution < -0.4 is 17.2 Å². The van der Waals surface area contributed by atoms with Crippen molar-refractivity contribution in [2.24, 2.45) is 17.2 Å². The maximum Gasteiger partial charge on any atom is 0.230 e. The Kier molecular flexibility index (Phi) is 7.48. The van der Waals surface area contributed by atoms with E-state index < -0.39 is 5.91 Å². The van der Waals surface area contributed by atoms with Crippen LogP contribution in [0.5, 0.6) is 0 Å². The highest BCUT2D eigenvalue weighted by atomic mass is 16.2. The van der Waals surface area contributed by atoms with Gasteiger partial charge in [0.1, 0.15) is 0 Å². The summed E-state index contributed by atoms with van der Waals surface area (Å²) < 4.78 is 0. The largest absolute Gasteiger partial charge is 0.369 e. The maximum atomic E-state index is 10.8. The average Bonchev–Trinajstić information content (AvgIpc) is 3.12. The molecule has 0 unspecified atom stereocenters. The molecule has 0 aliphatic carbocycles. The molecule has 0 aromatic rings. The van der Waals surface area contributed by atoms with E-state index in [0.717, 1.165) is 13.1 Å². The van der Waals surface area contributed by atoms with Crippen molar-refractivity contribution in [3.05, 3.63) is 0 Å². The first kappa shape index (κ1) is 16.2. The molecule has 1 saturated heterocycles. The minimum Gasteiger partial charge on any atom is -0.369 e. The standard InChI is InChI=1S/C6H10N2O2.C4H8N2O2/c7-4-5(9)3-6(10)8-1-2-8;5-2-3(7)1-4(6)8/h1-4,7H2;1-2,5H2,(H2,6,8). The van der Waals surface area contributed by atoms with E-state index in [-0.39, 0.29) is 43.4 Å². The highest BCUT2D eigenvalue weighted by Gasteiger charge is 2.24. The van der Waals surface area contributed by atoms with E-state index in [2.05, 4.69) is 5.73 Å². The van der Waals surface area contributed by atoms with E-state index in [0.29, 0.717) is 0 Å². The second kappa shape index (κ2) is 8.31. The number of hydrogen-bond acceptors (Lipinski definition) is 6. The summed E-state index contributed by atoms with van der Waals surface area (Å²) in [6, 6.07) is 0. The molecular formula is C10H18N4O4. The Morgan fingerprint density at radius 1 is 0.889 bits per heavy atom. The van der Waals surface area contributed by atoms with Crippen LogP contribution in [0, 0.1) is 0 Å². The molecule has 0 atom stereocenters. The predicted molar refractivity (Wildman–Crippen MR) is 63.1 cm³/mol. The number of carbonyl (C=O) groups excluding carboxylic acids is 4. The van der Waals surface area contributed by atoms with Crippen LogP contribution in [0.1, 0.15) is 12.8 Å². The molecule has 0 aromatic heterocycles. The average molecular weight is 258 g/mol. The minimum absolute atomic E-state index is 0.0174. The minimum atomic E-state index is -0.625. The fourth-order valence-corrected chi connectivity index (χ4v) is 0.919. The first-order chi connectivity index (χ1) is 8.40. The topological polar surface area (TPSA) is 149 Å². The Bertz CT molecular complexity index is 339. The Balaban J connectivity index is 0.000000331. The van der Waals surface area contributed by atoms with Crippen molar-refractivity contribution in [2.75, 3.05) is 26.2 Å². The number of primary amides is 1. The highest BCUT2D eigenvalue weighted by molar-refractivity contribution is 5.99. The van der Waals surface area contributed by atoms with Gasteiger partial charge in [0, 0.05) is 13.1 Å². The van der Waals surface area contributed by atoms with Crippen molar-refractivity contribution in [2.45, 2.75) is 12.8 Å². The van der Waals surface area contributed by atoms with E-state index in [1.165, 1.54) is 0 Å². The summed E-state index contributed by atoms with van der Waals surface area (Å²) >= 11 is 0. The zero-order valence-corrected chi connectivity index (χ0v) is 10.1. The summed E-state index contributed by atoms with van der Waals surface area (Å²) in [6.45, 7) is 1.47. The van der Waals surface area contributed by atoms with E-state index in [4.69, 9.17) is 11.5 Å². The van der Waals surface area contributed by atoms with Gasteiger partial charge >= 0.3 is 0 Å². The van der Waals surface area contributed by atoms with E-state index in [1.54, 1.807) is 4.90 Å². The Hall–Kier alpha value is -1.80. The number of hydrogen-bond donors (Lipinski definition) is 3. The Morgan fingerprint density at radius 3 is 1.61 bits per heavy atom. The molecule has 1 fully saturated rings. The predicted octanol–water partition coefficient (Wildman–Crippen LogP) is -2.86. The summed E-state index contributed by atoms with van der Waals surface area (Å²) in [6.07, 6.45) is -0.257. The first-order valence-corrected chi connectivity index (χ1v) is 5.40. The molecule has 0 saturated carbocycles. The van der Waals surface area contributed by atoms with Gasteiger partial charge in [-0.15, -0.1) is 0 Å². The SMILES string of the molecule is NCC(=O)CC(=O)N1CC1.NCC(=O)CC(N)=O. The quantitative estimate of drug-likeness (QED) is 0.344. The van der Waals surface area contributed by atoms with Crippen LogP contribution in [-0.4, -0.2) is 54.5 Å². The molecular weight excluding hydrogens is 240 g/mol. The molecule has 0 aromatic carbocycles. The van der Waals surface area contributed by atoms with E-state index >= 15 is 0 Å². The molecule has 1 heterocycles. The van der Waals surface area contributed by atoms with Gasteiger partial charge in [-0.2, -0.15) is 0 Å². The van der Waals surface area contributed by atoms with E-state index in [9.17, 15) is 19.2 Å². The number of Topliss-reactive ketones (excluding diaryl/α,β-unsaturated/α-hetero) is 2. The van der Waals surface area contributed by atoms with Gasteiger partial charge in [0.15, 0.2) is 11.6 Å². The fraction of sp³-hybridized carbons (Fsp3) is 0.600. The molecule has 8 heteroatoms. The lowest BCUT2D eigenvalue weighted by Crippen LogP contribution is -2.21. The van der Waals surface area contributed by atoms with Crippen molar-refractivity contribution < 1.29 is 19.2 Å². The third kappa shape index (κ3) is 8.36. The lowest BCUT2D eigenvalue weighted by molar-refractivity contribution is -0.131. The van der Waals surface area contributed by atoms with Gasteiger partial charge in [-0.1, -0.05) is 0 Å². The van der Waals surface area contributed by atoms with Crippen LogP contribution in [0.4, 0.5) is 0 Å². The third-order valence-electron chi connectivity index (χ3n) is 1.98. The fourth-order valence-electron chi connectivity index (χ4n) is 0.919. The molecule has 8 nitrogen and oxygen atoms in total. The number of ketones is 2. The van der Waals surface area contributed by atoms with Gasteiger partial charge in [-0.3, -0.25) is 19.2 Å². The number of nitrogens with two attached hydrogens (primary N) is 3. The van der Waals surface area contributed by atoms with Crippen LogP contribution >= 0.6 is 0 Å². The normalized spacial score (nSPS) is 12.2. The van der Waals surface area contributed by atoms with Crippen LogP contribution in [0.25, 0.3) is 0 Å². The van der Waals surface area contributed by atoms with Crippen LogP contribution in [0.3, 0.4) is 0 Å². The summed E-state index contributed by atoms with van der Waals surface area (Å²) in [7, 11) is 0. The summed E-state index contributed by atoms with van der Waals surface area (Å²) in [5.41, 5.74) is 14.5. The van der Waals surface area contributed by atoms with Crippen molar-refractivity contribution in [3.63, 3.8) is 0 Å². The van der Waals surface area contributed by atoms with Gasteiger partial charge in [0.25, 0.3) is 0 Å². The number of carbonyl (C=O) groups is 4. The van der Waals surface area contributed by atoms with Gasteiger partial charge in [0.05, 0.1) is 25.9 Å². The third-order valence-corrected chi connectivity index (χ3v) is 1.98. The molecule has 102 valence electrons. The Morgan fingerprint density at radius 2 is 1.33 bits per heavy atom. The molecule has 18 heavy (non-hydrogen) atoms. The first-order valence-electron chi connectivity index (χ1n) is 5.40. The monoisotopic (exact) mass is 258 g/mol. The molecule has 1 rings (SSSR count). The molecule has 1 aliphatic heterocycles. The van der Waals surface area contributed by atoms with Gasteiger partial charge < -0.3 is 22.1 Å². The molecule has 0 spiro atoms. The van der Waals surface area contributed by atoms with E-state index in [1.807, 2.05) is 0 Å². The smallest absolute Gasteiger partial charge is 0.230 e.